The molecule has 222 valence electrons. The highest BCUT2D eigenvalue weighted by Crippen LogP contribution is 2.32. The predicted octanol–water partition coefficient (Wildman–Crippen LogP) is 8.69. The van der Waals surface area contributed by atoms with Crippen molar-refractivity contribution in [1.82, 2.24) is 0 Å². The fraction of sp³-hybridized carbons (Fsp3) is 0.424. The van der Waals surface area contributed by atoms with Gasteiger partial charge in [0, 0.05) is 17.8 Å². The summed E-state index contributed by atoms with van der Waals surface area (Å²) < 4.78 is 53.3. The molecule has 0 heterocycles. The molecule has 0 spiro atoms. The fourth-order valence-corrected chi connectivity index (χ4v) is 4.39. The first-order chi connectivity index (χ1) is 19.4. The van der Waals surface area contributed by atoms with Crippen LogP contribution in [0.25, 0.3) is 11.1 Å². The number of nitrogens with zero attached hydrogens (tertiary/aromatic N) is 1. The smallest absolute Gasteiger partial charge is 0.493 e. The van der Waals surface area contributed by atoms with Crippen LogP contribution in [-0.4, -0.2) is 32.1 Å². The summed E-state index contributed by atoms with van der Waals surface area (Å²) in [6.07, 6.45) is -1.71. The number of hydrogen-bond acceptors (Lipinski definition) is 5. The Kier molecular flexibility index (Phi) is 11.1. The second-order valence-electron chi connectivity index (χ2n) is 10.9. The largest absolute Gasteiger partial charge is 0.573 e. The molecule has 3 aromatic rings. The maximum Gasteiger partial charge on any atom is 0.573 e. The number of unbranched alkanes of at least 4 members (excludes halogenated alkanes) is 2. The van der Waals surface area contributed by atoms with Crippen molar-refractivity contribution >= 4 is 11.7 Å². The van der Waals surface area contributed by atoms with Gasteiger partial charge in [0.1, 0.15) is 18.0 Å². The highest BCUT2D eigenvalue weighted by molar-refractivity contribution is 5.76. The van der Waals surface area contributed by atoms with Crippen molar-refractivity contribution in [2.75, 3.05) is 24.7 Å². The Labute approximate surface area is 241 Å². The molecule has 0 unspecified atom stereocenters. The van der Waals surface area contributed by atoms with Gasteiger partial charge >= 0.3 is 12.3 Å². The minimum absolute atomic E-state index is 0.0149. The molecule has 41 heavy (non-hydrogen) atoms. The number of carbonyl (C=O) groups is 1. The Morgan fingerprint density at radius 1 is 0.854 bits per heavy atom. The first-order valence-electron chi connectivity index (χ1n) is 14.0. The van der Waals surface area contributed by atoms with E-state index in [1.165, 1.54) is 17.7 Å². The molecule has 0 amide bonds. The van der Waals surface area contributed by atoms with E-state index in [0.717, 1.165) is 41.6 Å². The molecule has 0 aliphatic carbocycles. The van der Waals surface area contributed by atoms with E-state index in [9.17, 15) is 18.0 Å². The van der Waals surface area contributed by atoms with Crippen LogP contribution in [0.1, 0.15) is 65.0 Å². The fourth-order valence-electron chi connectivity index (χ4n) is 4.39. The zero-order valence-corrected chi connectivity index (χ0v) is 24.5. The predicted molar refractivity (Wildman–Crippen MR) is 156 cm³/mol. The number of halogens is 3. The lowest BCUT2D eigenvalue weighted by Gasteiger charge is -2.27. The number of anilines is 1. The standard InChI is InChI=1S/C33H40F3NO4/c1-6-8-9-20-40-30-19-12-25(24-10-17-29(18-11-24)41-33(34,35)36)21-26(30)22-37(23-31(38)39-7-2)28-15-13-27(14-16-28)32(3,4)5/h10-19,21H,6-9,20,22-23H2,1-5H3. The quantitative estimate of drug-likeness (QED) is 0.152. The van der Waals surface area contributed by atoms with Crippen molar-refractivity contribution in [3.63, 3.8) is 0 Å². The number of rotatable bonds is 13. The van der Waals surface area contributed by atoms with Crippen LogP contribution < -0.4 is 14.4 Å². The summed E-state index contributed by atoms with van der Waals surface area (Å²) in [6.45, 7) is 11.6. The van der Waals surface area contributed by atoms with Gasteiger partial charge in [-0.1, -0.05) is 70.9 Å². The first-order valence-corrected chi connectivity index (χ1v) is 14.0. The molecule has 0 N–H and O–H groups in total. The lowest BCUT2D eigenvalue weighted by atomic mass is 9.87. The van der Waals surface area contributed by atoms with E-state index >= 15 is 0 Å². The first kappa shape index (κ1) is 31.8. The molecule has 0 radical (unpaired) electrons. The normalized spacial score (nSPS) is 11.7. The minimum atomic E-state index is -4.75. The molecule has 5 nitrogen and oxygen atoms in total. The lowest BCUT2D eigenvalue weighted by molar-refractivity contribution is -0.274. The van der Waals surface area contributed by atoms with Crippen molar-refractivity contribution in [3.8, 4) is 22.6 Å². The van der Waals surface area contributed by atoms with Crippen LogP contribution in [0.5, 0.6) is 11.5 Å². The van der Waals surface area contributed by atoms with Gasteiger partial charge in [-0.15, -0.1) is 13.2 Å². The van der Waals surface area contributed by atoms with Crippen LogP contribution in [0, 0.1) is 0 Å². The number of esters is 1. The van der Waals surface area contributed by atoms with Crippen LogP contribution in [0.15, 0.2) is 66.7 Å². The van der Waals surface area contributed by atoms with Crippen LogP contribution in [-0.2, 0) is 21.5 Å². The van der Waals surface area contributed by atoms with Gasteiger partial charge in [0.05, 0.1) is 13.2 Å². The van der Waals surface area contributed by atoms with Gasteiger partial charge in [-0.2, -0.15) is 0 Å². The molecule has 0 saturated carbocycles. The van der Waals surface area contributed by atoms with Gasteiger partial charge in [-0.25, -0.2) is 0 Å². The second kappa shape index (κ2) is 14.3. The summed E-state index contributed by atoms with van der Waals surface area (Å²) in [6, 6.07) is 19.6. The van der Waals surface area contributed by atoms with Gasteiger partial charge in [-0.05, 0) is 71.8 Å². The van der Waals surface area contributed by atoms with Gasteiger partial charge in [0.2, 0.25) is 0 Å². The summed E-state index contributed by atoms with van der Waals surface area (Å²) in [5.74, 6) is 0.0768. The Balaban J connectivity index is 1.97. The molecule has 8 heteroatoms. The van der Waals surface area contributed by atoms with Gasteiger partial charge < -0.3 is 19.1 Å². The average molecular weight is 572 g/mol. The van der Waals surface area contributed by atoms with Crippen molar-refractivity contribution in [2.24, 2.45) is 0 Å². The van der Waals surface area contributed by atoms with Crippen LogP contribution >= 0.6 is 0 Å². The molecule has 0 bridgehead atoms. The molecule has 3 rings (SSSR count). The Morgan fingerprint density at radius 2 is 1.51 bits per heavy atom. The van der Waals surface area contributed by atoms with E-state index in [1.54, 1.807) is 19.1 Å². The summed E-state index contributed by atoms with van der Waals surface area (Å²) in [7, 11) is 0. The van der Waals surface area contributed by atoms with Gasteiger partial charge in [-0.3, -0.25) is 4.79 Å². The van der Waals surface area contributed by atoms with Crippen LogP contribution in [0.2, 0.25) is 0 Å². The van der Waals surface area contributed by atoms with Crippen LogP contribution in [0.3, 0.4) is 0 Å². The second-order valence-corrected chi connectivity index (χ2v) is 10.9. The van der Waals surface area contributed by atoms with Gasteiger partial charge in [0.25, 0.3) is 0 Å². The number of hydrogen-bond donors (Lipinski definition) is 0. The van der Waals surface area contributed by atoms with Crippen molar-refractivity contribution in [1.29, 1.82) is 0 Å². The van der Waals surface area contributed by atoms with Crippen LogP contribution in [0.4, 0.5) is 18.9 Å². The molecule has 0 aromatic heterocycles. The van der Waals surface area contributed by atoms with Crippen molar-refractivity contribution in [2.45, 2.75) is 72.2 Å². The average Bonchev–Trinajstić information content (AvgIpc) is 2.90. The number of benzene rings is 3. The zero-order valence-electron chi connectivity index (χ0n) is 24.5. The summed E-state index contributed by atoms with van der Waals surface area (Å²) in [5.41, 5.74) is 4.40. The molecule has 0 saturated heterocycles. The highest BCUT2D eigenvalue weighted by Gasteiger charge is 2.31. The maximum absolute atomic E-state index is 12.6. The molecular formula is C33H40F3NO4. The van der Waals surface area contributed by atoms with E-state index in [4.69, 9.17) is 9.47 Å². The lowest BCUT2D eigenvalue weighted by Crippen LogP contribution is -2.31. The number of ether oxygens (including phenoxy) is 3. The molecule has 0 fully saturated rings. The SMILES string of the molecule is CCCCCOc1ccc(-c2ccc(OC(F)(F)F)cc2)cc1CN(CC(=O)OCC)c1ccc(C(C)(C)C)cc1. The van der Waals surface area contributed by atoms with E-state index in [2.05, 4.69) is 44.6 Å². The number of alkyl halides is 3. The molecule has 3 aromatic carbocycles. The third-order valence-corrected chi connectivity index (χ3v) is 6.57. The van der Waals surface area contributed by atoms with E-state index in [-0.39, 0.29) is 30.3 Å². The van der Waals surface area contributed by atoms with E-state index in [0.29, 0.717) is 18.9 Å². The van der Waals surface area contributed by atoms with E-state index < -0.39 is 6.36 Å². The molecular weight excluding hydrogens is 531 g/mol. The van der Waals surface area contributed by atoms with E-state index in [1.807, 2.05) is 35.2 Å². The summed E-state index contributed by atoms with van der Waals surface area (Å²) in [4.78, 5) is 14.6. The van der Waals surface area contributed by atoms with Crippen molar-refractivity contribution in [3.05, 3.63) is 77.9 Å². The molecule has 0 aliphatic rings. The molecule has 0 atom stereocenters. The minimum Gasteiger partial charge on any atom is -0.493 e. The number of carbonyl (C=O) groups excluding carboxylic acids is 1. The topological polar surface area (TPSA) is 48.0 Å². The summed E-state index contributed by atoms with van der Waals surface area (Å²) in [5, 5.41) is 0. The zero-order chi connectivity index (χ0) is 30.0. The third-order valence-electron chi connectivity index (χ3n) is 6.57. The Hall–Kier alpha value is -3.68. The summed E-state index contributed by atoms with van der Waals surface area (Å²) >= 11 is 0. The Bertz CT molecular complexity index is 1250. The Morgan fingerprint density at radius 3 is 2.10 bits per heavy atom. The highest BCUT2D eigenvalue weighted by atomic mass is 19.4. The van der Waals surface area contributed by atoms with Gasteiger partial charge in [0.15, 0.2) is 0 Å². The maximum atomic E-state index is 12.6. The third kappa shape index (κ3) is 10.0. The monoisotopic (exact) mass is 571 g/mol. The van der Waals surface area contributed by atoms with Crippen molar-refractivity contribution < 1.29 is 32.2 Å². The molecule has 0 aliphatic heterocycles.